The second-order valence-corrected chi connectivity index (χ2v) is 3.78. The molecule has 0 atom stereocenters. The van der Waals surface area contributed by atoms with Crippen molar-refractivity contribution in [2.45, 2.75) is 19.4 Å². The molecule has 14 heavy (non-hydrogen) atoms. The van der Waals surface area contributed by atoms with Gasteiger partial charge in [-0.3, -0.25) is 4.98 Å². The SMILES string of the molecule is COC(C)(C)CNc1ccncc1N. The van der Waals surface area contributed by atoms with Crippen molar-refractivity contribution in [1.29, 1.82) is 0 Å². The Morgan fingerprint density at radius 2 is 2.29 bits per heavy atom. The molecule has 1 aromatic heterocycles. The van der Waals surface area contributed by atoms with Gasteiger partial charge in [0.2, 0.25) is 0 Å². The van der Waals surface area contributed by atoms with E-state index in [9.17, 15) is 0 Å². The summed E-state index contributed by atoms with van der Waals surface area (Å²) in [5, 5.41) is 3.21. The van der Waals surface area contributed by atoms with Crippen LogP contribution >= 0.6 is 0 Å². The minimum Gasteiger partial charge on any atom is -0.396 e. The van der Waals surface area contributed by atoms with Crippen LogP contribution in [0.25, 0.3) is 0 Å². The molecular formula is C10H17N3O. The lowest BCUT2D eigenvalue weighted by Gasteiger charge is -2.24. The topological polar surface area (TPSA) is 60.2 Å². The molecule has 78 valence electrons. The van der Waals surface area contributed by atoms with Crippen LogP contribution in [-0.4, -0.2) is 24.2 Å². The van der Waals surface area contributed by atoms with Gasteiger partial charge in [-0.15, -0.1) is 0 Å². The van der Waals surface area contributed by atoms with Gasteiger partial charge in [-0.1, -0.05) is 0 Å². The first-order valence-electron chi connectivity index (χ1n) is 4.54. The summed E-state index contributed by atoms with van der Waals surface area (Å²) >= 11 is 0. The number of hydrogen-bond donors (Lipinski definition) is 2. The van der Waals surface area contributed by atoms with Crippen molar-refractivity contribution in [3.8, 4) is 0 Å². The van der Waals surface area contributed by atoms with E-state index in [2.05, 4.69) is 10.3 Å². The van der Waals surface area contributed by atoms with Crippen LogP contribution in [0.2, 0.25) is 0 Å². The number of anilines is 2. The van der Waals surface area contributed by atoms with Gasteiger partial charge in [0.15, 0.2) is 0 Å². The van der Waals surface area contributed by atoms with E-state index in [0.717, 1.165) is 5.69 Å². The molecular weight excluding hydrogens is 178 g/mol. The number of aromatic nitrogens is 1. The Kier molecular flexibility index (Phi) is 3.30. The highest BCUT2D eigenvalue weighted by Crippen LogP contribution is 2.17. The van der Waals surface area contributed by atoms with Crippen LogP contribution in [0.1, 0.15) is 13.8 Å². The number of ether oxygens (including phenoxy) is 1. The van der Waals surface area contributed by atoms with Gasteiger partial charge in [0.05, 0.1) is 23.2 Å². The van der Waals surface area contributed by atoms with Crippen molar-refractivity contribution in [3.05, 3.63) is 18.5 Å². The van der Waals surface area contributed by atoms with Gasteiger partial charge in [0.25, 0.3) is 0 Å². The van der Waals surface area contributed by atoms with E-state index in [1.54, 1.807) is 19.5 Å². The molecule has 1 heterocycles. The number of methoxy groups -OCH3 is 1. The number of rotatable bonds is 4. The van der Waals surface area contributed by atoms with Gasteiger partial charge in [0.1, 0.15) is 0 Å². The molecule has 0 fully saturated rings. The molecule has 4 heteroatoms. The summed E-state index contributed by atoms with van der Waals surface area (Å²) in [6.07, 6.45) is 3.33. The number of pyridine rings is 1. The molecule has 0 unspecified atom stereocenters. The Bertz CT molecular complexity index is 299. The fraction of sp³-hybridized carbons (Fsp3) is 0.500. The van der Waals surface area contributed by atoms with Gasteiger partial charge >= 0.3 is 0 Å². The third-order valence-electron chi connectivity index (χ3n) is 2.11. The Hall–Kier alpha value is -1.29. The van der Waals surface area contributed by atoms with E-state index < -0.39 is 0 Å². The van der Waals surface area contributed by atoms with E-state index in [1.165, 1.54) is 0 Å². The van der Waals surface area contributed by atoms with Gasteiger partial charge in [-0.2, -0.15) is 0 Å². The molecule has 0 saturated heterocycles. The highest BCUT2D eigenvalue weighted by molar-refractivity contribution is 5.64. The van der Waals surface area contributed by atoms with E-state index >= 15 is 0 Å². The Morgan fingerprint density at radius 1 is 1.57 bits per heavy atom. The maximum atomic E-state index is 5.73. The molecule has 0 bridgehead atoms. The third kappa shape index (κ3) is 2.88. The molecule has 0 aliphatic heterocycles. The van der Waals surface area contributed by atoms with Crippen LogP contribution in [0.3, 0.4) is 0 Å². The summed E-state index contributed by atoms with van der Waals surface area (Å²) in [5.74, 6) is 0. The van der Waals surface area contributed by atoms with Crippen LogP contribution in [0.15, 0.2) is 18.5 Å². The van der Waals surface area contributed by atoms with Gasteiger partial charge in [0, 0.05) is 19.9 Å². The van der Waals surface area contributed by atoms with Gasteiger partial charge < -0.3 is 15.8 Å². The van der Waals surface area contributed by atoms with E-state index in [1.807, 2.05) is 19.9 Å². The summed E-state index contributed by atoms with van der Waals surface area (Å²) < 4.78 is 5.28. The second-order valence-electron chi connectivity index (χ2n) is 3.78. The van der Waals surface area contributed by atoms with Crippen molar-refractivity contribution >= 4 is 11.4 Å². The van der Waals surface area contributed by atoms with Crippen molar-refractivity contribution in [2.24, 2.45) is 0 Å². The van der Waals surface area contributed by atoms with E-state index in [0.29, 0.717) is 12.2 Å². The normalized spacial score (nSPS) is 11.4. The van der Waals surface area contributed by atoms with Gasteiger partial charge in [-0.05, 0) is 19.9 Å². The van der Waals surface area contributed by atoms with Crippen LogP contribution in [0.4, 0.5) is 11.4 Å². The van der Waals surface area contributed by atoms with Crippen molar-refractivity contribution in [1.82, 2.24) is 4.98 Å². The Balaban J connectivity index is 2.58. The van der Waals surface area contributed by atoms with Crippen molar-refractivity contribution in [2.75, 3.05) is 24.7 Å². The number of nitrogens with zero attached hydrogens (tertiary/aromatic N) is 1. The molecule has 0 saturated carbocycles. The lowest BCUT2D eigenvalue weighted by atomic mass is 10.1. The second kappa shape index (κ2) is 4.28. The molecule has 0 radical (unpaired) electrons. The Labute approximate surface area is 84.5 Å². The molecule has 0 aliphatic rings. The molecule has 0 spiro atoms. The first kappa shape index (κ1) is 10.8. The minimum atomic E-state index is -0.199. The van der Waals surface area contributed by atoms with Crippen molar-refractivity contribution in [3.63, 3.8) is 0 Å². The van der Waals surface area contributed by atoms with Crippen LogP contribution < -0.4 is 11.1 Å². The molecule has 0 amide bonds. The molecule has 1 rings (SSSR count). The summed E-state index contributed by atoms with van der Waals surface area (Å²) in [6.45, 7) is 4.73. The molecule has 0 aromatic carbocycles. The number of hydrogen-bond acceptors (Lipinski definition) is 4. The fourth-order valence-corrected chi connectivity index (χ4v) is 0.948. The summed E-state index contributed by atoms with van der Waals surface area (Å²) in [5.41, 5.74) is 7.07. The lowest BCUT2D eigenvalue weighted by Crippen LogP contribution is -2.32. The zero-order valence-electron chi connectivity index (χ0n) is 8.87. The van der Waals surface area contributed by atoms with Crippen molar-refractivity contribution < 1.29 is 4.74 Å². The smallest absolute Gasteiger partial charge is 0.0794 e. The van der Waals surface area contributed by atoms with Crippen LogP contribution in [0.5, 0.6) is 0 Å². The molecule has 0 aliphatic carbocycles. The zero-order valence-corrected chi connectivity index (χ0v) is 8.87. The molecule has 3 N–H and O–H groups in total. The zero-order chi connectivity index (χ0) is 10.6. The van der Waals surface area contributed by atoms with Crippen LogP contribution in [0, 0.1) is 0 Å². The highest BCUT2D eigenvalue weighted by atomic mass is 16.5. The maximum absolute atomic E-state index is 5.73. The summed E-state index contributed by atoms with van der Waals surface area (Å²) in [4.78, 5) is 3.91. The minimum absolute atomic E-state index is 0.199. The largest absolute Gasteiger partial charge is 0.396 e. The van der Waals surface area contributed by atoms with E-state index in [4.69, 9.17) is 10.5 Å². The summed E-state index contributed by atoms with van der Waals surface area (Å²) in [6, 6.07) is 1.85. The average molecular weight is 195 g/mol. The Morgan fingerprint density at radius 3 is 2.86 bits per heavy atom. The molecule has 1 aromatic rings. The maximum Gasteiger partial charge on any atom is 0.0794 e. The predicted octanol–water partition coefficient (Wildman–Crippen LogP) is 1.50. The van der Waals surface area contributed by atoms with E-state index in [-0.39, 0.29) is 5.60 Å². The quantitative estimate of drug-likeness (QED) is 0.764. The van der Waals surface area contributed by atoms with Crippen LogP contribution in [-0.2, 0) is 4.74 Å². The third-order valence-corrected chi connectivity index (χ3v) is 2.11. The monoisotopic (exact) mass is 195 g/mol. The van der Waals surface area contributed by atoms with Gasteiger partial charge in [-0.25, -0.2) is 0 Å². The number of nitrogens with one attached hydrogen (secondary N) is 1. The molecule has 4 nitrogen and oxygen atoms in total. The standard InChI is InChI=1S/C10H17N3O/c1-10(2,14-3)7-13-9-4-5-12-6-8(9)11/h4-6H,7,11H2,1-3H3,(H,12,13). The first-order valence-corrected chi connectivity index (χ1v) is 4.54. The summed E-state index contributed by atoms with van der Waals surface area (Å²) in [7, 11) is 1.69. The first-order chi connectivity index (χ1) is 6.55. The lowest BCUT2D eigenvalue weighted by molar-refractivity contribution is 0.0344. The average Bonchev–Trinajstić information content (AvgIpc) is 2.17. The fourth-order valence-electron chi connectivity index (χ4n) is 0.948. The predicted molar refractivity (Wildman–Crippen MR) is 58.2 cm³/mol. The number of nitrogens with two attached hydrogens (primary N) is 1. The number of nitrogen functional groups attached to an aromatic ring is 1. The highest BCUT2D eigenvalue weighted by Gasteiger charge is 2.15.